The number of oxazole rings is 1. The van der Waals surface area contributed by atoms with Crippen LogP contribution >= 0.6 is 23.8 Å². The molecule has 3 N–H and O–H groups in total. The SMILES string of the molecule is CCc1ccc2oc(-c3cc(NC(=S)NC(=O)Cc4ccc(Cl)cc4)ccc3O)nc2c1. The largest absolute Gasteiger partial charge is 0.507 e. The average molecular weight is 466 g/mol. The minimum atomic E-state index is -0.255. The third-order valence-corrected chi connectivity index (χ3v) is 5.33. The molecule has 0 aliphatic carbocycles. The summed E-state index contributed by atoms with van der Waals surface area (Å²) in [6.45, 7) is 2.07. The predicted octanol–water partition coefficient (Wildman–Crippen LogP) is 5.47. The molecular weight excluding hydrogens is 446 g/mol. The number of halogens is 1. The van der Waals surface area contributed by atoms with Crippen molar-refractivity contribution in [3.63, 3.8) is 0 Å². The zero-order valence-corrected chi connectivity index (χ0v) is 18.8. The molecule has 0 aliphatic heterocycles. The number of hydrogen-bond acceptors (Lipinski definition) is 5. The summed E-state index contributed by atoms with van der Waals surface area (Å²) >= 11 is 11.1. The van der Waals surface area contributed by atoms with E-state index in [1.807, 2.05) is 18.2 Å². The van der Waals surface area contributed by atoms with Crippen molar-refractivity contribution in [3.05, 3.63) is 76.8 Å². The summed E-state index contributed by atoms with van der Waals surface area (Å²) in [5, 5.41) is 16.7. The number of nitrogens with one attached hydrogen (secondary N) is 2. The first kappa shape index (κ1) is 21.8. The van der Waals surface area contributed by atoms with E-state index in [0.29, 0.717) is 27.7 Å². The second-order valence-electron chi connectivity index (χ2n) is 7.21. The molecule has 0 aliphatic rings. The van der Waals surface area contributed by atoms with Crippen LogP contribution in [0.2, 0.25) is 5.02 Å². The molecule has 0 atom stereocenters. The lowest BCUT2D eigenvalue weighted by Crippen LogP contribution is -2.35. The monoisotopic (exact) mass is 465 g/mol. The molecule has 0 fully saturated rings. The summed E-state index contributed by atoms with van der Waals surface area (Å²) in [4.78, 5) is 16.8. The molecule has 1 heterocycles. The van der Waals surface area contributed by atoms with Gasteiger partial charge < -0.3 is 20.2 Å². The predicted molar refractivity (Wildman–Crippen MR) is 130 cm³/mol. The van der Waals surface area contributed by atoms with Crippen LogP contribution in [0, 0.1) is 0 Å². The van der Waals surface area contributed by atoms with Gasteiger partial charge in [-0.2, -0.15) is 0 Å². The van der Waals surface area contributed by atoms with Gasteiger partial charge in [-0.05, 0) is 72.2 Å². The van der Waals surface area contributed by atoms with Gasteiger partial charge in [0.15, 0.2) is 10.7 Å². The van der Waals surface area contributed by atoms with Crippen LogP contribution in [0.3, 0.4) is 0 Å². The lowest BCUT2D eigenvalue weighted by molar-refractivity contribution is -0.119. The Morgan fingerprint density at radius 1 is 1.09 bits per heavy atom. The van der Waals surface area contributed by atoms with Crippen molar-refractivity contribution in [1.29, 1.82) is 0 Å². The number of benzene rings is 3. The van der Waals surface area contributed by atoms with Gasteiger partial charge in [0.1, 0.15) is 11.3 Å². The number of hydrogen-bond donors (Lipinski definition) is 3. The fourth-order valence-electron chi connectivity index (χ4n) is 3.21. The first-order chi connectivity index (χ1) is 15.4. The molecule has 4 rings (SSSR count). The van der Waals surface area contributed by atoms with Crippen molar-refractivity contribution in [1.82, 2.24) is 10.3 Å². The Hall–Kier alpha value is -3.42. The highest BCUT2D eigenvalue weighted by Gasteiger charge is 2.14. The van der Waals surface area contributed by atoms with E-state index in [2.05, 4.69) is 22.5 Å². The lowest BCUT2D eigenvalue weighted by atomic mass is 10.1. The molecule has 32 heavy (non-hydrogen) atoms. The minimum absolute atomic E-state index is 0.0236. The molecule has 1 aromatic heterocycles. The van der Waals surface area contributed by atoms with Crippen LogP contribution in [0.25, 0.3) is 22.6 Å². The van der Waals surface area contributed by atoms with Crippen molar-refractivity contribution in [2.75, 3.05) is 5.32 Å². The Morgan fingerprint density at radius 2 is 1.84 bits per heavy atom. The number of rotatable bonds is 5. The van der Waals surface area contributed by atoms with Gasteiger partial charge in [0.25, 0.3) is 0 Å². The van der Waals surface area contributed by atoms with Gasteiger partial charge in [0, 0.05) is 10.7 Å². The van der Waals surface area contributed by atoms with E-state index in [0.717, 1.165) is 23.1 Å². The van der Waals surface area contributed by atoms with Crippen LogP contribution in [0.5, 0.6) is 5.75 Å². The highest BCUT2D eigenvalue weighted by molar-refractivity contribution is 7.80. The third kappa shape index (κ3) is 5.07. The van der Waals surface area contributed by atoms with Gasteiger partial charge in [-0.15, -0.1) is 0 Å². The normalized spacial score (nSPS) is 10.8. The fourth-order valence-corrected chi connectivity index (χ4v) is 3.57. The lowest BCUT2D eigenvalue weighted by Gasteiger charge is -2.11. The Labute approximate surface area is 195 Å². The molecule has 0 saturated heterocycles. The van der Waals surface area contributed by atoms with Crippen LogP contribution in [-0.2, 0) is 17.6 Å². The van der Waals surface area contributed by atoms with Crippen LogP contribution in [0.1, 0.15) is 18.1 Å². The number of carbonyl (C=O) groups is 1. The first-order valence-electron chi connectivity index (χ1n) is 9.99. The zero-order chi connectivity index (χ0) is 22.7. The summed E-state index contributed by atoms with van der Waals surface area (Å²) in [5.74, 6) is 0.0668. The molecule has 0 bridgehead atoms. The first-order valence-corrected chi connectivity index (χ1v) is 10.8. The maximum Gasteiger partial charge on any atom is 0.231 e. The number of aromatic nitrogens is 1. The number of carbonyl (C=O) groups excluding carboxylic acids is 1. The second kappa shape index (κ2) is 9.38. The number of anilines is 1. The summed E-state index contributed by atoms with van der Waals surface area (Å²) in [5.41, 5.74) is 4.33. The third-order valence-electron chi connectivity index (χ3n) is 4.88. The molecule has 0 unspecified atom stereocenters. The van der Waals surface area contributed by atoms with Gasteiger partial charge in [-0.25, -0.2) is 4.98 Å². The molecular formula is C24H20ClN3O3S. The number of aromatic hydroxyl groups is 1. The van der Waals surface area contributed by atoms with Crippen molar-refractivity contribution < 1.29 is 14.3 Å². The van der Waals surface area contributed by atoms with Crippen LogP contribution in [0.4, 0.5) is 5.69 Å². The summed E-state index contributed by atoms with van der Waals surface area (Å²) < 4.78 is 5.82. The number of thiocarbonyl (C=S) groups is 1. The maximum absolute atomic E-state index is 12.3. The highest BCUT2D eigenvalue weighted by Crippen LogP contribution is 2.33. The van der Waals surface area contributed by atoms with Gasteiger partial charge >= 0.3 is 0 Å². The van der Waals surface area contributed by atoms with Crippen LogP contribution < -0.4 is 10.6 Å². The number of fused-ring (bicyclic) bond motifs is 1. The molecule has 6 nitrogen and oxygen atoms in total. The standard InChI is InChI=1S/C24H20ClN3O3S/c1-2-14-5-10-21-19(11-14)27-23(31-21)18-13-17(8-9-20(18)29)26-24(32)28-22(30)12-15-3-6-16(25)7-4-15/h3-11,13,29H,2,12H2,1H3,(H2,26,28,30,32). The molecule has 1 amide bonds. The molecule has 3 aromatic carbocycles. The van der Waals surface area contributed by atoms with E-state index in [-0.39, 0.29) is 23.2 Å². The molecule has 4 aromatic rings. The van der Waals surface area contributed by atoms with Gasteiger partial charge in [0.05, 0.1) is 12.0 Å². The highest BCUT2D eigenvalue weighted by atomic mass is 35.5. The topological polar surface area (TPSA) is 87.4 Å². The quantitative estimate of drug-likeness (QED) is 0.267. The van der Waals surface area contributed by atoms with Crippen LogP contribution in [0.15, 0.2) is 65.1 Å². The van der Waals surface area contributed by atoms with Crippen molar-refractivity contribution >= 4 is 51.6 Å². The Balaban J connectivity index is 1.47. The number of phenolic OH excluding ortho intramolecular Hbond substituents is 1. The molecule has 162 valence electrons. The maximum atomic E-state index is 12.3. The Bertz CT molecular complexity index is 1300. The van der Waals surface area contributed by atoms with Crippen molar-refractivity contribution in [3.8, 4) is 17.2 Å². The van der Waals surface area contributed by atoms with Gasteiger partial charge in [0.2, 0.25) is 11.8 Å². The van der Waals surface area contributed by atoms with E-state index >= 15 is 0 Å². The molecule has 0 spiro atoms. The fraction of sp³-hybridized carbons (Fsp3) is 0.125. The molecule has 0 saturated carbocycles. The summed E-state index contributed by atoms with van der Waals surface area (Å²) in [6.07, 6.45) is 1.06. The zero-order valence-electron chi connectivity index (χ0n) is 17.2. The van der Waals surface area contributed by atoms with Gasteiger partial charge in [-0.3, -0.25) is 4.79 Å². The number of aryl methyl sites for hydroxylation is 1. The average Bonchev–Trinajstić information content (AvgIpc) is 3.19. The molecule has 0 radical (unpaired) electrons. The second-order valence-corrected chi connectivity index (χ2v) is 8.06. The number of phenols is 1. The number of amides is 1. The Morgan fingerprint density at radius 3 is 2.59 bits per heavy atom. The van der Waals surface area contributed by atoms with E-state index in [4.69, 9.17) is 28.2 Å². The smallest absolute Gasteiger partial charge is 0.231 e. The van der Waals surface area contributed by atoms with E-state index in [1.54, 1.807) is 36.4 Å². The van der Waals surface area contributed by atoms with Crippen molar-refractivity contribution in [2.45, 2.75) is 19.8 Å². The van der Waals surface area contributed by atoms with E-state index in [1.165, 1.54) is 6.07 Å². The van der Waals surface area contributed by atoms with E-state index < -0.39 is 0 Å². The van der Waals surface area contributed by atoms with Crippen molar-refractivity contribution in [2.24, 2.45) is 0 Å². The van der Waals surface area contributed by atoms with Gasteiger partial charge in [-0.1, -0.05) is 36.7 Å². The number of nitrogens with zero attached hydrogens (tertiary/aromatic N) is 1. The van der Waals surface area contributed by atoms with Crippen LogP contribution in [-0.4, -0.2) is 21.1 Å². The summed E-state index contributed by atoms with van der Waals surface area (Å²) in [6, 6.07) is 17.7. The molecule has 8 heteroatoms. The summed E-state index contributed by atoms with van der Waals surface area (Å²) in [7, 11) is 0. The Kier molecular flexibility index (Phi) is 6.39. The van der Waals surface area contributed by atoms with E-state index in [9.17, 15) is 9.90 Å². The minimum Gasteiger partial charge on any atom is -0.507 e.